The Morgan fingerprint density at radius 2 is 2.44 bits per heavy atom. The summed E-state index contributed by atoms with van der Waals surface area (Å²) in [6, 6.07) is 4.24. The first-order chi connectivity index (χ1) is 8.72. The standard InChI is InChI=1S/C13H15ClN2OS/c1-8-4-9(14)5-11-13(8)17-12(16-11)6-10-7-18-3-2-15-10/h4-5,10,15H,2-3,6-7H2,1H3. The van der Waals surface area contributed by atoms with Gasteiger partial charge in [0.05, 0.1) is 0 Å². The maximum absolute atomic E-state index is 6.03. The molecule has 1 unspecified atom stereocenters. The number of hydrogen-bond acceptors (Lipinski definition) is 4. The Labute approximate surface area is 115 Å². The molecule has 3 nitrogen and oxygen atoms in total. The minimum absolute atomic E-state index is 0.465. The molecule has 18 heavy (non-hydrogen) atoms. The number of hydrogen-bond donors (Lipinski definition) is 1. The molecule has 0 aliphatic carbocycles. The van der Waals surface area contributed by atoms with Crippen molar-refractivity contribution in [2.75, 3.05) is 18.1 Å². The largest absolute Gasteiger partial charge is 0.440 e. The lowest BCUT2D eigenvalue weighted by Gasteiger charge is -2.21. The lowest BCUT2D eigenvalue weighted by Crippen LogP contribution is -2.38. The zero-order valence-corrected chi connectivity index (χ0v) is 11.8. The minimum atomic E-state index is 0.465. The van der Waals surface area contributed by atoms with Crippen LogP contribution in [0.4, 0.5) is 0 Å². The van der Waals surface area contributed by atoms with Crippen LogP contribution >= 0.6 is 23.4 Å². The summed E-state index contributed by atoms with van der Waals surface area (Å²) in [4.78, 5) is 4.53. The van der Waals surface area contributed by atoms with E-state index >= 15 is 0 Å². The van der Waals surface area contributed by atoms with Crippen LogP contribution in [0.25, 0.3) is 11.1 Å². The van der Waals surface area contributed by atoms with Gasteiger partial charge in [0.15, 0.2) is 11.5 Å². The highest BCUT2D eigenvalue weighted by Gasteiger charge is 2.17. The van der Waals surface area contributed by atoms with Crippen molar-refractivity contribution in [2.24, 2.45) is 0 Å². The molecule has 0 saturated carbocycles. The third-order valence-electron chi connectivity index (χ3n) is 3.10. The second-order valence-electron chi connectivity index (χ2n) is 4.61. The van der Waals surface area contributed by atoms with Crippen molar-refractivity contribution in [3.63, 3.8) is 0 Å². The van der Waals surface area contributed by atoms with Crippen LogP contribution in [0, 0.1) is 6.92 Å². The van der Waals surface area contributed by atoms with Crippen LogP contribution in [0.3, 0.4) is 0 Å². The highest BCUT2D eigenvalue weighted by molar-refractivity contribution is 7.99. The normalized spacial score (nSPS) is 20.4. The third-order valence-corrected chi connectivity index (χ3v) is 4.45. The Hall–Kier alpha value is -0.710. The zero-order valence-electron chi connectivity index (χ0n) is 10.2. The van der Waals surface area contributed by atoms with Crippen LogP contribution in [-0.2, 0) is 6.42 Å². The van der Waals surface area contributed by atoms with Gasteiger partial charge >= 0.3 is 0 Å². The number of nitrogens with zero attached hydrogens (tertiary/aromatic N) is 1. The molecule has 1 N–H and O–H groups in total. The van der Waals surface area contributed by atoms with Gasteiger partial charge in [-0.2, -0.15) is 11.8 Å². The molecular formula is C13H15ClN2OS. The van der Waals surface area contributed by atoms with Crippen molar-refractivity contribution in [2.45, 2.75) is 19.4 Å². The Kier molecular flexibility index (Phi) is 3.50. The summed E-state index contributed by atoms with van der Waals surface area (Å²) in [6.07, 6.45) is 0.846. The molecule has 2 heterocycles. The molecule has 1 saturated heterocycles. The van der Waals surface area contributed by atoms with Crippen molar-refractivity contribution < 1.29 is 4.42 Å². The lowest BCUT2D eigenvalue weighted by atomic mass is 10.2. The summed E-state index contributed by atoms with van der Waals surface area (Å²) in [7, 11) is 0. The molecule has 1 aromatic heterocycles. The first kappa shape index (κ1) is 12.3. The van der Waals surface area contributed by atoms with E-state index in [1.807, 2.05) is 30.8 Å². The van der Waals surface area contributed by atoms with E-state index in [-0.39, 0.29) is 0 Å². The van der Waals surface area contributed by atoms with Gasteiger partial charge in [0.25, 0.3) is 0 Å². The number of fused-ring (bicyclic) bond motifs is 1. The molecule has 0 spiro atoms. The van der Waals surface area contributed by atoms with Crippen LogP contribution in [0.1, 0.15) is 11.5 Å². The summed E-state index contributed by atoms with van der Waals surface area (Å²) >= 11 is 8.01. The predicted octanol–water partition coefficient (Wildman–Crippen LogP) is 3.04. The maximum Gasteiger partial charge on any atom is 0.197 e. The van der Waals surface area contributed by atoms with Gasteiger partial charge in [-0.25, -0.2) is 4.98 Å². The van der Waals surface area contributed by atoms with E-state index in [0.717, 1.165) is 41.3 Å². The van der Waals surface area contributed by atoms with Gasteiger partial charge in [-0.1, -0.05) is 11.6 Å². The van der Waals surface area contributed by atoms with Gasteiger partial charge in [0.2, 0.25) is 0 Å². The highest BCUT2D eigenvalue weighted by atomic mass is 35.5. The number of nitrogens with one attached hydrogen (secondary N) is 1. The van der Waals surface area contributed by atoms with E-state index in [1.165, 1.54) is 5.75 Å². The number of aryl methyl sites for hydroxylation is 1. The zero-order chi connectivity index (χ0) is 12.5. The molecule has 1 atom stereocenters. The van der Waals surface area contributed by atoms with E-state index in [0.29, 0.717) is 11.1 Å². The fourth-order valence-electron chi connectivity index (χ4n) is 2.25. The average Bonchev–Trinajstić information content (AvgIpc) is 2.73. The van der Waals surface area contributed by atoms with E-state index in [1.54, 1.807) is 0 Å². The van der Waals surface area contributed by atoms with E-state index < -0.39 is 0 Å². The van der Waals surface area contributed by atoms with E-state index in [2.05, 4.69) is 10.3 Å². The molecule has 96 valence electrons. The molecule has 0 radical (unpaired) electrons. The summed E-state index contributed by atoms with van der Waals surface area (Å²) in [5.41, 5.74) is 2.76. The molecule has 1 aromatic carbocycles. The second kappa shape index (κ2) is 5.11. The SMILES string of the molecule is Cc1cc(Cl)cc2nc(CC3CSCCN3)oc12. The smallest absolute Gasteiger partial charge is 0.197 e. The summed E-state index contributed by atoms with van der Waals surface area (Å²) in [5.74, 6) is 3.12. The number of benzene rings is 1. The fourth-order valence-corrected chi connectivity index (χ4v) is 3.47. The Balaban J connectivity index is 1.86. The Morgan fingerprint density at radius 3 is 3.22 bits per heavy atom. The van der Waals surface area contributed by atoms with E-state index in [9.17, 15) is 0 Å². The highest BCUT2D eigenvalue weighted by Crippen LogP contribution is 2.25. The van der Waals surface area contributed by atoms with Gasteiger partial charge in [-0.3, -0.25) is 0 Å². The molecule has 0 bridgehead atoms. The quantitative estimate of drug-likeness (QED) is 0.919. The van der Waals surface area contributed by atoms with Crippen molar-refractivity contribution in [1.82, 2.24) is 10.3 Å². The van der Waals surface area contributed by atoms with E-state index in [4.69, 9.17) is 16.0 Å². The Morgan fingerprint density at radius 1 is 1.56 bits per heavy atom. The van der Waals surface area contributed by atoms with Gasteiger partial charge in [-0.15, -0.1) is 0 Å². The van der Waals surface area contributed by atoms with Gasteiger partial charge in [0.1, 0.15) is 5.52 Å². The Bertz CT molecular complexity index is 563. The van der Waals surface area contributed by atoms with Crippen LogP contribution in [0.2, 0.25) is 5.02 Å². The number of thioether (sulfide) groups is 1. The maximum atomic E-state index is 6.03. The summed E-state index contributed by atoms with van der Waals surface area (Å²) in [5, 5.41) is 4.21. The average molecular weight is 283 g/mol. The number of rotatable bonds is 2. The number of oxazole rings is 1. The van der Waals surface area contributed by atoms with Gasteiger partial charge in [-0.05, 0) is 24.6 Å². The first-order valence-corrected chi connectivity index (χ1v) is 7.62. The number of aromatic nitrogens is 1. The topological polar surface area (TPSA) is 38.1 Å². The summed E-state index contributed by atoms with van der Waals surface area (Å²) < 4.78 is 5.84. The van der Waals surface area contributed by atoms with Crippen molar-refractivity contribution in [3.05, 3.63) is 28.6 Å². The molecule has 0 amide bonds. The molecular weight excluding hydrogens is 268 g/mol. The van der Waals surface area contributed by atoms with Crippen molar-refractivity contribution >= 4 is 34.5 Å². The van der Waals surface area contributed by atoms with Gasteiger partial charge in [0, 0.05) is 35.5 Å². The molecule has 5 heteroatoms. The molecule has 3 rings (SSSR count). The fraction of sp³-hybridized carbons (Fsp3) is 0.462. The second-order valence-corrected chi connectivity index (χ2v) is 6.19. The number of halogens is 1. The van der Waals surface area contributed by atoms with Gasteiger partial charge < -0.3 is 9.73 Å². The van der Waals surface area contributed by atoms with Crippen molar-refractivity contribution in [3.8, 4) is 0 Å². The van der Waals surface area contributed by atoms with Crippen LogP contribution < -0.4 is 5.32 Å². The minimum Gasteiger partial charge on any atom is -0.440 e. The van der Waals surface area contributed by atoms with Crippen LogP contribution in [0.5, 0.6) is 0 Å². The predicted molar refractivity (Wildman–Crippen MR) is 76.6 cm³/mol. The summed E-state index contributed by atoms with van der Waals surface area (Å²) in [6.45, 7) is 3.07. The molecule has 1 aliphatic rings. The lowest BCUT2D eigenvalue weighted by molar-refractivity contribution is 0.468. The monoisotopic (exact) mass is 282 g/mol. The van der Waals surface area contributed by atoms with Crippen LogP contribution in [0.15, 0.2) is 16.5 Å². The first-order valence-electron chi connectivity index (χ1n) is 6.09. The third kappa shape index (κ3) is 2.51. The molecule has 2 aromatic rings. The molecule has 1 aliphatic heterocycles. The van der Waals surface area contributed by atoms with Crippen molar-refractivity contribution in [1.29, 1.82) is 0 Å². The molecule has 1 fully saturated rings. The van der Waals surface area contributed by atoms with Crippen LogP contribution in [-0.4, -0.2) is 29.1 Å².